The molecule has 1 rings (SSSR count). The average Bonchev–Trinajstić information content (AvgIpc) is 2.60. The van der Waals surface area contributed by atoms with Crippen molar-refractivity contribution in [3.8, 4) is 0 Å². The van der Waals surface area contributed by atoms with Crippen molar-refractivity contribution in [2.75, 3.05) is 18.6 Å². The molecule has 0 fully saturated rings. The van der Waals surface area contributed by atoms with Crippen molar-refractivity contribution in [2.24, 2.45) is 0 Å². The van der Waals surface area contributed by atoms with E-state index in [0.29, 0.717) is 5.56 Å². The van der Waals surface area contributed by atoms with Crippen molar-refractivity contribution in [3.63, 3.8) is 0 Å². The minimum atomic E-state index is -3.71. The Balaban J connectivity index is 2.55. The van der Waals surface area contributed by atoms with E-state index in [1.54, 1.807) is 0 Å². The van der Waals surface area contributed by atoms with Gasteiger partial charge in [0.15, 0.2) is 5.75 Å². The molecule has 0 aliphatic heterocycles. The Kier molecular flexibility index (Phi) is 3.85. The number of nitrogens with one attached hydrogen (secondary N) is 2. The van der Waals surface area contributed by atoms with Gasteiger partial charge in [-0.25, -0.2) is 13.1 Å². The molecule has 1 heterocycles. The summed E-state index contributed by atoms with van der Waals surface area (Å²) in [4.78, 5) is 10.8. The van der Waals surface area contributed by atoms with Gasteiger partial charge in [-0.05, 0) is 0 Å². The molecule has 1 aromatic rings. The number of H-pyrrole nitrogens is 1. The van der Waals surface area contributed by atoms with E-state index in [-0.39, 0.29) is 12.4 Å². The number of anilines is 1. The van der Waals surface area contributed by atoms with Gasteiger partial charge in [-0.2, -0.15) is 5.10 Å². The standard InChI is InChI=1S/C7H12N4O4S/c1-15-6(12)4-16(13,14)10-3-5-2-9-11-7(5)8/h2,10H,3-4H2,1H3,(H3,8,9,11). The third-order valence-corrected chi connectivity index (χ3v) is 2.97. The van der Waals surface area contributed by atoms with Gasteiger partial charge in [0.05, 0.1) is 13.3 Å². The van der Waals surface area contributed by atoms with Crippen LogP contribution in [0.5, 0.6) is 0 Å². The van der Waals surface area contributed by atoms with Crippen molar-refractivity contribution in [1.82, 2.24) is 14.9 Å². The number of methoxy groups -OCH3 is 1. The molecule has 8 nitrogen and oxygen atoms in total. The van der Waals surface area contributed by atoms with Gasteiger partial charge in [-0.3, -0.25) is 9.89 Å². The maximum Gasteiger partial charge on any atom is 0.322 e. The van der Waals surface area contributed by atoms with E-state index in [4.69, 9.17) is 5.73 Å². The third-order valence-electron chi connectivity index (χ3n) is 1.77. The van der Waals surface area contributed by atoms with Crippen LogP contribution in [0.4, 0.5) is 5.82 Å². The second-order valence-electron chi connectivity index (χ2n) is 2.97. The highest BCUT2D eigenvalue weighted by Gasteiger charge is 2.17. The second-order valence-corrected chi connectivity index (χ2v) is 4.77. The Morgan fingerprint density at radius 3 is 2.88 bits per heavy atom. The molecule has 9 heteroatoms. The monoisotopic (exact) mass is 248 g/mol. The summed E-state index contributed by atoms with van der Waals surface area (Å²) < 4.78 is 29.1. The number of ether oxygens (including phenoxy) is 1. The van der Waals surface area contributed by atoms with Gasteiger partial charge in [0, 0.05) is 12.1 Å². The Morgan fingerprint density at radius 2 is 2.38 bits per heavy atom. The number of aromatic amines is 1. The predicted molar refractivity (Wildman–Crippen MR) is 55.6 cm³/mol. The van der Waals surface area contributed by atoms with Gasteiger partial charge in [0.1, 0.15) is 5.82 Å². The first-order chi connectivity index (χ1) is 7.44. The molecule has 4 N–H and O–H groups in total. The molecule has 1 aromatic heterocycles. The number of hydrogen-bond donors (Lipinski definition) is 3. The molecule has 0 bridgehead atoms. The molecule has 0 saturated carbocycles. The molecule has 0 unspecified atom stereocenters. The summed E-state index contributed by atoms with van der Waals surface area (Å²) in [6.07, 6.45) is 1.40. The van der Waals surface area contributed by atoms with Crippen LogP contribution in [0.3, 0.4) is 0 Å². The number of aromatic nitrogens is 2. The van der Waals surface area contributed by atoms with E-state index in [9.17, 15) is 13.2 Å². The van der Waals surface area contributed by atoms with Crippen LogP contribution >= 0.6 is 0 Å². The first-order valence-electron chi connectivity index (χ1n) is 4.26. The van der Waals surface area contributed by atoms with E-state index in [1.807, 2.05) is 0 Å². The fourth-order valence-corrected chi connectivity index (χ4v) is 1.82. The van der Waals surface area contributed by atoms with Crippen LogP contribution in [-0.4, -0.2) is 37.4 Å². The number of esters is 1. The maximum absolute atomic E-state index is 11.3. The quantitative estimate of drug-likeness (QED) is 0.549. The number of rotatable bonds is 5. The molecule has 0 atom stereocenters. The van der Waals surface area contributed by atoms with Crippen LogP contribution in [0.2, 0.25) is 0 Å². The van der Waals surface area contributed by atoms with Crippen LogP contribution in [0, 0.1) is 0 Å². The van der Waals surface area contributed by atoms with Crippen molar-refractivity contribution in [1.29, 1.82) is 0 Å². The van der Waals surface area contributed by atoms with Gasteiger partial charge in [-0.1, -0.05) is 0 Å². The van der Waals surface area contributed by atoms with Crippen LogP contribution in [0.1, 0.15) is 5.56 Å². The Hall–Kier alpha value is -1.61. The molecule has 0 spiro atoms. The van der Waals surface area contributed by atoms with Gasteiger partial charge in [0.25, 0.3) is 0 Å². The summed E-state index contributed by atoms with van der Waals surface area (Å²) in [5.41, 5.74) is 5.96. The Bertz CT molecular complexity index is 466. The molecular weight excluding hydrogens is 236 g/mol. The number of nitrogen functional groups attached to an aromatic ring is 1. The lowest BCUT2D eigenvalue weighted by Gasteiger charge is -2.04. The number of carbonyl (C=O) groups excluding carboxylic acids is 1. The predicted octanol–water partition coefficient (Wildman–Crippen LogP) is -1.42. The number of carbonyl (C=O) groups is 1. The lowest BCUT2D eigenvalue weighted by molar-refractivity contribution is -0.137. The summed E-state index contributed by atoms with van der Waals surface area (Å²) in [6, 6.07) is 0. The van der Waals surface area contributed by atoms with Gasteiger partial charge in [-0.15, -0.1) is 0 Å². The number of sulfonamides is 1. The maximum atomic E-state index is 11.3. The number of hydrogen-bond acceptors (Lipinski definition) is 6. The number of nitrogens with two attached hydrogens (primary N) is 1. The molecule has 0 aliphatic rings. The lowest BCUT2D eigenvalue weighted by atomic mass is 10.3. The Labute approximate surface area is 92.2 Å². The summed E-state index contributed by atoms with van der Waals surface area (Å²) in [5.74, 6) is -1.27. The second kappa shape index (κ2) is 4.94. The largest absolute Gasteiger partial charge is 0.468 e. The van der Waals surface area contributed by atoms with Crippen molar-refractivity contribution in [3.05, 3.63) is 11.8 Å². The fraction of sp³-hybridized carbons (Fsp3) is 0.429. The van der Waals surface area contributed by atoms with Gasteiger partial charge < -0.3 is 10.5 Å². The van der Waals surface area contributed by atoms with E-state index in [0.717, 1.165) is 7.11 Å². The molecule has 16 heavy (non-hydrogen) atoms. The molecule has 90 valence electrons. The van der Waals surface area contributed by atoms with Gasteiger partial charge in [0.2, 0.25) is 10.0 Å². The SMILES string of the molecule is COC(=O)CS(=O)(=O)NCc1cn[nH]c1N. The van der Waals surface area contributed by atoms with E-state index in [1.165, 1.54) is 6.20 Å². The van der Waals surface area contributed by atoms with Crippen LogP contribution in [0.25, 0.3) is 0 Å². The van der Waals surface area contributed by atoms with Crippen LogP contribution in [-0.2, 0) is 26.1 Å². The zero-order chi connectivity index (χ0) is 12.2. The summed E-state index contributed by atoms with van der Waals surface area (Å²) in [7, 11) is -2.59. The van der Waals surface area contributed by atoms with Crippen LogP contribution < -0.4 is 10.5 Å². The average molecular weight is 248 g/mol. The molecule has 0 saturated heterocycles. The molecular formula is C7H12N4O4S. The Morgan fingerprint density at radius 1 is 1.69 bits per heavy atom. The van der Waals surface area contributed by atoms with Crippen molar-refractivity contribution in [2.45, 2.75) is 6.54 Å². The summed E-state index contributed by atoms with van der Waals surface area (Å²) in [5, 5.41) is 6.08. The highest BCUT2D eigenvalue weighted by molar-refractivity contribution is 7.90. The smallest absolute Gasteiger partial charge is 0.322 e. The minimum Gasteiger partial charge on any atom is -0.468 e. The normalized spacial score (nSPS) is 11.3. The van der Waals surface area contributed by atoms with E-state index >= 15 is 0 Å². The number of nitrogens with zero attached hydrogens (tertiary/aromatic N) is 1. The first kappa shape index (κ1) is 12.5. The molecule has 0 radical (unpaired) electrons. The lowest BCUT2D eigenvalue weighted by Crippen LogP contribution is -2.30. The molecule has 0 aliphatic carbocycles. The van der Waals surface area contributed by atoms with Crippen LogP contribution in [0.15, 0.2) is 6.20 Å². The van der Waals surface area contributed by atoms with E-state index in [2.05, 4.69) is 19.7 Å². The molecule has 0 amide bonds. The summed E-state index contributed by atoms with van der Waals surface area (Å²) >= 11 is 0. The van der Waals surface area contributed by atoms with E-state index < -0.39 is 21.7 Å². The van der Waals surface area contributed by atoms with Gasteiger partial charge >= 0.3 is 5.97 Å². The summed E-state index contributed by atoms with van der Waals surface area (Å²) in [6.45, 7) is -0.0261. The highest BCUT2D eigenvalue weighted by Crippen LogP contribution is 2.05. The minimum absolute atomic E-state index is 0.0261. The van der Waals surface area contributed by atoms with Crippen molar-refractivity contribution < 1.29 is 17.9 Å². The third kappa shape index (κ3) is 3.51. The zero-order valence-electron chi connectivity index (χ0n) is 8.56. The fourth-order valence-electron chi connectivity index (χ4n) is 0.915. The van der Waals surface area contributed by atoms with Crippen molar-refractivity contribution >= 4 is 21.8 Å². The molecule has 0 aromatic carbocycles. The highest BCUT2D eigenvalue weighted by atomic mass is 32.2. The zero-order valence-corrected chi connectivity index (χ0v) is 9.37. The topological polar surface area (TPSA) is 127 Å². The first-order valence-corrected chi connectivity index (χ1v) is 5.91.